The number of aliphatic carboxylic acids is 1. The van der Waals surface area contributed by atoms with Crippen LogP contribution in [0.5, 0.6) is 0 Å². The van der Waals surface area contributed by atoms with Crippen molar-refractivity contribution >= 4 is 17.6 Å². The van der Waals surface area contributed by atoms with Gasteiger partial charge in [-0.25, -0.2) is 9.59 Å². The maximum absolute atomic E-state index is 11.8. The molecular formula is C22H23NO4. The molecule has 2 aromatic rings. The van der Waals surface area contributed by atoms with Crippen LogP contribution in [0.3, 0.4) is 0 Å². The monoisotopic (exact) mass is 365 g/mol. The number of ether oxygens (including phenoxy) is 1. The Bertz CT molecular complexity index is 858. The Morgan fingerprint density at radius 1 is 1.19 bits per heavy atom. The van der Waals surface area contributed by atoms with E-state index in [9.17, 15) is 14.7 Å². The van der Waals surface area contributed by atoms with Crippen LogP contribution in [-0.2, 0) is 20.7 Å². The van der Waals surface area contributed by atoms with E-state index in [1.165, 1.54) is 22.8 Å². The summed E-state index contributed by atoms with van der Waals surface area (Å²) in [6.45, 7) is 1.81. The van der Waals surface area contributed by atoms with E-state index in [1.807, 2.05) is 30.3 Å². The lowest BCUT2D eigenvalue weighted by Gasteiger charge is -2.28. The summed E-state index contributed by atoms with van der Waals surface area (Å²) in [5.74, 6) is -2.04. The average molecular weight is 365 g/mol. The molecule has 140 valence electrons. The molecule has 5 nitrogen and oxygen atoms in total. The Morgan fingerprint density at radius 2 is 1.96 bits per heavy atom. The van der Waals surface area contributed by atoms with Gasteiger partial charge in [0.1, 0.15) is 5.57 Å². The van der Waals surface area contributed by atoms with Gasteiger partial charge in [-0.3, -0.25) is 0 Å². The molecule has 0 amide bonds. The molecule has 0 saturated heterocycles. The smallest absolute Gasteiger partial charge is 0.345 e. The summed E-state index contributed by atoms with van der Waals surface area (Å²) in [5.41, 5.74) is 4.43. The zero-order valence-electron chi connectivity index (χ0n) is 15.3. The Kier molecular flexibility index (Phi) is 5.91. The third-order valence-electron chi connectivity index (χ3n) is 4.70. The number of rotatable bonds is 6. The summed E-state index contributed by atoms with van der Waals surface area (Å²) < 4.78 is 4.82. The van der Waals surface area contributed by atoms with Crippen molar-refractivity contribution in [2.24, 2.45) is 0 Å². The molecule has 0 fully saturated rings. The molecule has 3 rings (SSSR count). The minimum Gasteiger partial charge on any atom is -0.477 e. The minimum absolute atomic E-state index is 0.0762. The second-order valence-corrected chi connectivity index (χ2v) is 6.46. The number of esters is 1. The van der Waals surface area contributed by atoms with E-state index in [-0.39, 0.29) is 18.2 Å². The van der Waals surface area contributed by atoms with Crippen molar-refractivity contribution in [2.45, 2.75) is 32.2 Å². The highest BCUT2D eigenvalue weighted by Crippen LogP contribution is 2.34. The number of carbonyl (C=O) groups excluding carboxylic acids is 1. The number of nitrogens with one attached hydrogen (secondary N) is 1. The number of hydrogen-bond acceptors (Lipinski definition) is 4. The summed E-state index contributed by atoms with van der Waals surface area (Å²) in [4.78, 5) is 23.1. The summed E-state index contributed by atoms with van der Waals surface area (Å²) >= 11 is 0. The van der Waals surface area contributed by atoms with Gasteiger partial charge in [-0.2, -0.15) is 0 Å². The van der Waals surface area contributed by atoms with Crippen molar-refractivity contribution in [3.63, 3.8) is 0 Å². The lowest BCUT2D eigenvalue weighted by molar-refractivity contribution is -0.143. The van der Waals surface area contributed by atoms with Gasteiger partial charge in [0.2, 0.25) is 0 Å². The Hall–Kier alpha value is -3.08. The van der Waals surface area contributed by atoms with Gasteiger partial charge in [0.15, 0.2) is 0 Å². The van der Waals surface area contributed by atoms with E-state index in [0.29, 0.717) is 6.42 Å². The lowest BCUT2D eigenvalue weighted by atomic mass is 9.89. The number of anilines is 1. The van der Waals surface area contributed by atoms with Gasteiger partial charge >= 0.3 is 11.9 Å². The first-order valence-electron chi connectivity index (χ1n) is 9.14. The summed E-state index contributed by atoms with van der Waals surface area (Å²) in [6.07, 6.45) is 3.68. The normalized spacial score (nSPS) is 16.2. The van der Waals surface area contributed by atoms with E-state index in [1.54, 1.807) is 6.92 Å². The standard InChI is InChI=1S/C22H23NO4/c1-2-27-22(26)19(21(24)25)14-12-16-11-13-18-17(9-6-10-20(18)23-16)15-7-4-3-5-8-15/h3-10,14,16,23H,2,11-13H2,1H3,(H,24,25). The van der Waals surface area contributed by atoms with E-state index < -0.39 is 11.9 Å². The summed E-state index contributed by atoms with van der Waals surface area (Å²) in [5, 5.41) is 12.7. The summed E-state index contributed by atoms with van der Waals surface area (Å²) in [7, 11) is 0. The third-order valence-corrected chi connectivity index (χ3v) is 4.70. The van der Waals surface area contributed by atoms with E-state index in [4.69, 9.17) is 4.74 Å². The highest BCUT2D eigenvalue weighted by Gasteiger charge is 2.22. The predicted molar refractivity (Wildman–Crippen MR) is 105 cm³/mol. The fourth-order valence-corrected chi connectivity index (χ4v) is 3.39. The molecule has 0 aliphatic carbocycles. The molecule has 2 aromatic carbocycles. The Balaban J connectivity index is 1.76. The van der Waals surface area contributed by atoms with Gasteiger partial charge in [0.05, 0.1) is 6.61 Å². The molecule has 27 heavy (non-hydrogen) atoms. The largest absolute Gasteiger partial charge is 0.477 e. The van der Waals surface area contributed by atoms with Crippen LogP contribution in [0.1, 0.15) is 25.3 Å². The molecule has 0 bridgehead atoms. The Morgan fingerprint density at radius 3 is 2.67 bits per heavy atom. The number of carboxylic acid groups (broad SMARTS) is 1. The molecule has 1 atom stereocenters. The molecule has 1 aliphatic heterocycles. The van der Waals surface area contributed by atoms with Crippen molar-refractivity contribution in [1.29, 1.82) is 0 Å². The predicted octanol–water partition coefficient (Wildman–Crippen LogP) is 4.04. The zero-order valence-corrected chi connectivity index (χ0v) is 15.3. The first-order valence-corrected chi connectivity index (χ1v) is 9.14. The van der Waals surface area contributed by atoms with Crippen LogP contribution in [0.2, 0.25) is 0 Å². The minimum atomic E-state index is -1.25. The number of benzene rings is 2. The third kappa shape index (κ3) is 4.37. The van der Waals surface area contributed by atoms with Crippen molar-refractivity contribution in [3.05, 3.63) is 65.7 Å². The zero-order chi connectivity index (χ0) is 19.2. The van der Waals surface area contributed by atoms with Crippen LogP contribution in [0.15, 0.2) is 60.2 Å². The topological polar surface area (TPSA) is 75.6 Å². The number of hydrogen-bond donors (Lipinski definition) is 2. The molecule has 1 unspecified atom stereocenters. The first-order chi connectivity index (χ1) is 13.1. The highest BCUT2D eigenvalue weighted by molar-refractivity contribution is 6.13. The van der Waals surface area contributed by atoms with E-state index >= 15 is 0 Å². The Labute approximate surface area is 158 Å². The van der Waals surface area contributed by atoms with E-state index in [0.717, 1.165) is 18.5 Å². The highest BCUT2D eigenvalue weighted by atomic mass is 16.5. The molecule has 0 aromatic heterocycles. The number of fused-ring (bicyclic) bond motifs is 1. The van der Waals surface area contributed by atoms with Crippen LogP contribution in [0.25, 0.3) is 11.1 Å². The van der Waals surface area contributed by atoms with Gasteiger partial charge in [-0.05, 0) is 48.9 Å². The van der Waals surface area contributed by atoms with Crippen molar-refractivity contribution in [3.8, 4) is 11.1 Å². The van der Waals surface area contributed by atoms with Crippen molar-refractivity contribution < 1.29 is 19.4 Å². The second kappa shape index (κ2) is 8.54. The molecule has 5 heteroatoms. The molecule has 2 N–H and O–H groups in total. The fraction of sp³-hybridized carbons (Fsp3) is 0.273. The lowest BCUT2D eigenvalue weighted by Crippen LogP contribution is -2.26. The van der Waals surface area contributed by atoms with Gasteiger partial charge in [0, 0.05) is 11.7 Å². The average Bonchev–Trinajstić information content (AvgIpc) is 2.68. The van der Waals surface area contributed by atoms with Crippen molar-refractivity contribution in [1.82, 2.24) is 0 Å². The van der Waals surface area contributed by atoms with Crippen molar-refractivity contribution in [2.75, 3.05) is 11.9 Å². The summed E-state index contributed by atoms with van der Waals surface area (Å²) in [6, 6.07) is 16.5. The molecule has 0 saturated carbocycles. The molecule has 1 aliphatic rings. The molecule has 0 spiro atoms. The van der Waals surface area contributed by atoms with Crippen LogP contribution in [0.4, 0.5) is 5.69 Å². The second-order valence-electron chi connectivity index (χ2n) is 6.46. The first kappa shape index (κ1) is 18.7. The number of carbonyl (C=O) groups is 2. The quantitative estimate of drug-likeness (QED) is 0.350. The van der Waals surface area contributed by atoms with Gasteiger partial charge in [0.25, 0.3) is 0 Å². The molecule has 0 radical (unpaired) electrons. The SMILES string of the molecule is CCOC(=O)C(=CCC1CCc2c(cccc2-c2ccccc2)N1)C(=O)O. The maximum atomic E-state index is 11.8. The van der Waals surface area contributed by atoms with Crippen LogP contribution < -0.4 is 5.32 Å². The fourth-order valence-electron chi connectivity index (χ4n) is 3.39. The van der Waals surface area contributed by atoms with Crippen LogP contribution in [0, 0.1) is 0 Å². The van der Waals surface area contributed by atoms with Gasteiger partial charge in [-0.15, -0.1) is 0 Å². The molecule has 1 heterocycles. The van der Waals surface area contributed by atoms with Crippen LogP contribution >= 0.6 is 0 Å². The maximum Gasteiger partial charge on any atom is 0.345 e. The van der Waals surface area contributed by atoms with E-state index in [2.05, 4.69) is 23.5 Å². The number of carboxylic acids is 1. The van der Waals surface area contributed by atoms with Gasteiger partial charge < -0.3 is 15.2 Å². The van der Waals surface area contributed by atoms with Crippen LogP contribution in [-0.4, -0.2) is 29.7 Å². The molecular weight excluding hydrogens is 342 g/mol. The van der Waals surface area contributed by atoms with Gasteiger partial charge in [-0.1, -0.05) is 48.5 Å².